The number of nitrogens with one attached hydrogen (secondary N) is 1. The monoisotopic (exact) mass is 397 g/mol. The van der Waals surface area contributed by atoms with Crippen LogP contribution in [0.2, 0.25) is 5.02 Å². The molecule has 2 rings (SSSR count). The number of carbonyl (C=O) groups is 1. The Labute approximate surface area is 159 Å². The van der Waals surface area contributed by atoms with E-state index in [1.807, 2.05) is 0 Å². The van der Waals surface area contributed by atoms with Crippen LogP contribution in [0.1, 0.15) is 5.56 Å². The highest BCUT2D eigenvalue weighted by Crippen LogP contribution is 2.15. The van der Waals surface area contributed by atoms with Gasteiger partial charge in [-0.1, -0.05) is 23.7 Å². The maximum absolute atomic E-state index is 12.1. The van der Waals surface area contributed by atoms with Crippen LogP contribution in [0.25, 0.3) is 0 Å². The van der Waals surface area contributed by atoms with Gasteiger partial charge in [0.1, 0.15) is 18.1 Å². The van der Waals surface area contributed by atoms with E-state index in [9.17, 15) is 13.6 Å². The molecule has 9 heteroatoms. The number of hydrogen-bond donors (Lipinski definition) is 1. The zero-order valence-corrected chi connectivity index (χ0v) is 15.6. The van der Waals surface area contributed by atoms with Crippen LogP contribution >= 0.6 is 11.6 Å². The van der Waals surface area contributed by atoms with Crippen molar-refractivity contribution in [1.82, 2.24) is 9.62 Å². The quantitative estimate of drug-likeness (QED) is 0.546. The van der Waals surface area contributed by atoms with Crippen LogP contribution in [-0.2, 0) is 17.8 Å². The summed E-state index contributed by atoms with van der Waals surface area (Å²) >= 11 is 3.08. The second kappa shape index (κ2) is 10.0. The molecule has 2 amide bonds. The van der Waals surface area contributed by atoms with E-state index in [-0.39, 0.29) is 19.7 Å². The number of rotatable bonds is 8. The lowest BCUT2D eigenvalue weighted by molar-refractivity contribution is 0.217. The zero-order valence-electron chi connectivity index (χ0n) is 14.0. The first-order valence-corrected chi connectivity index (χ1v) is 9.06. The Kier molecular flexibility index (Phi) is 7.71. The van der Waals surface area contributed by atoms with Gasteiger partial charge in [-0.25, -0.2) is 9.10 Å². The summed E-state index contributed by atoms with van der Waals surface area (Å²) in [6.07, 6.45) is 0. The fraction of sp³-hybridized carbons (Fsp3) is 0.235. The molecule has 0 saturated heterocycles. The maximum Gasteiger partial charge on any atom is 0.328 e. The highest BCUT2D eigenvalue weighted by molar-refractivity contribution is 7.77. The maximum atomic E-state index is 12.1. The Balaban J connectivity index is 1.83. The first-order valence-electron chi connectivity index (χ1n) is 7.65. The van der Waals surface area contributed by atoms with Crippen LogP contribution in [0, 0.1) is 0 Å². The molecular formula is C17H18ClN2O5S-. The SMILES string of the molecule is COc1ccc(CN(C(=O)NCCOc2ccc(Cl)cc2)S(=O)[O-])cc1. The molecule has 1 atom stereocenters. The molecule has 0 aliphatic heterocycles. The summed E-state index contributed by atoms with van der Waals surface area (Å²) in [6, 6.07) is 12.8. The molecule has 7 nitrogen and oxygen atoms in total. The average Bonchev–Trinajstić information content (AvgIpc) is 2.64. The predicted molar refractivity (Wildman–Crippen MR) is 97.8 cm³/mol. The van der Waals surface area contributed by atoms with E-state index >= 15 is 0 Å². The summed E-state index contributed by atoms with van der Waals surface area (Å²) in [7, 11) is 1.54. The summed E-state index contributed by atoms with van der Waals surface area (Å²) in [6.45, 7) is 0.261. The minimum Gasteiger partial charge on any atom is -0.755 e. The summed E-state index contributed by atoms with van der Waals surface area (Å²) in [5.41, 5.74) is 0.655. The first-order chi connectivity index (χ1) is 12.5. The largest absolute Gasteiger partial charge is 0.755 e. The van der Waals surface area contributed by atoms with Crippen molar-refractivity contribution < 1.29 is 23.0 Å². The molecule has 0 bridgehead atoms. The number of benzene rings is 2. The molecule has 0 aromatic heterocycles. The van der Waals surface area contributed by atoms with E-state index in [1.165, 1.54) is 7.11 Å². The topological polar surface area (TPSA) is 90.9 Å². The van der Waals surface area contributed by atoms with Gasteiger partial charge in [0.2, 0.25) is 0 Å². The number of amides is 2. The standard InChI is InChI=1S/C17H19ClN2O5S/c1-24-15-6-2-13(3-7-15)12-20(26(22)23)17(21)19-10-11-25-16-8-4-14(18)5-9-16/h2-9H,10-12H2,1H3,(H,19,21)(H,22,23)/p-1. The Hall–Kier alpha value is -2.29. The lowest BCUT2D eigenvalue weighted by Gasteiger charge is -2.24. The molecule has 0 fully saturated rings. The van der Waals surface area contributed by atoms with Gasteiger partial charge >= 0.3 is 6.03 Å². The van der Waals surface area contributed by atoms with Gasteiger partial charge in [-0.15, -0.1) is 0 Å². The van der Waals surface area contributed by atoms with Gasteiger partial charge in [0.25, 0.3) is 0 Å². The Morgan fingerprint density at radius 2 is 1.77 bits per heavy atom. The van der Waals surface area contributed by atoms with Crippen molar-refractivity contribution in [1.29, 1.82) is 0 Å². The van der Waals surface area contributed by atoms with E-state index in [0.717, 1.165) is 0 Å². The van der Waals surface area contributed by atoms with Crippen molar-refractivity contribution in [3.8, 4) is 11.5 Å². The number of methoxy groups -OCH3 is 1. The molecule has 0 aliphatic rings. The molecule has 26 heavy (non-hydrogen) atoms. The Bertz CT molecular complexity index is 740. The van der Waals surface area contributed by atoms with Gasteiger partial charge in [0.05, 0.1) is 31.5 Å². The molecule has 0 heterocycles. The molecule has 2 aromatic rings. The summed E-state index contributed by atoms with van der Waals surface area (Å²) in [5, 5.41) is 3.10. The summed E-state index contributed by atoms with van der Waals surface area (Å²) in [5.74, 6) is 1.25. The minimum absolute atomic E-state index is 0.0794. The second-order valence-electron chi connectivity index (χ2n) is 5.14. The van der Waals surface area contributed by atoms with Gasteiger partial charge in [-0.2, -0.15) is 0 Å². The number of nitrogens with zero attached hydrogens (tertiary/aromatic N) is 1. The Morgan fingerprint density at radius 1 is 1.15 bits per heavy atom. The van der Waals surface area contributed by atoms with Crippen LogP contribution in [-0.4, -0.2) is 39.4 Å². The first kappa shape index (κ1) is 20.0. The van der Waals surface area contributed by atoms with Crippen molar-refractivity contribution in [3.05, 3.63) is 59.1 Å². The molecule has 140 valence electrons. The van der Waals surface area contributed by atoms with Crippen LogP contribution in [0.5, 0.6) is 11.5 Å². The summed E-state index contributed by atoms with van der Waals surface area (Å²) < 4.78 is 33.9. The van der Waals surface area contributed by atoms with Gasteiger partial charge in [0, 0.05) is 5.02 Å². The number of carbonyl (C=O) groups excluding carboxylic acids is 1. The predicted octanol–water partition coefficient (Wildman–Crippen LogP) is 2.73. The van der Waals surface area contributed by atoms with Crippen molar-refractivity contribution in [2.24, 2.45) is 0 Å². The van der Waals surface area contributed by atoms with Gasteiger partial charge in [0.15, 0.2) is 0 Å². The van der Waals surface area contributed by atoms with Crippen molar-refractivity contribution in [2.45, 2.75) is 6.54 Å². The third-order valence-corrected chi connectivity index (χ3v) is 4.26. The van der Waals surface area contributed by atoms with Gasteiger partial charge in [-0.05, 0) is 42.0 Å². The highest BCUT2D eigenvalue weighted by Gasteiger charge is 2.14. The highest BCUT2D eigenvalue weighted by atomic mass is 35.5. The van der Waals surface area contributed by atoms with Crippen LogP contribution in [0.3, 0.4) is 0 Å². The fourth-order valence-electron chi connectivity index (χ4n) is 2.03. The Morgan fingerprint density at radius 3 is 2.35 bits per heavy atom. The lowest BCUT2D eigenvalue weighted by Crippen LogP contribution is -2.42. The van der Waals surface area contributed by atoms with Crippen LogP contribution in [0.4, 0.5) is 4.79 Å². The van der Waals surface area contributed by atoms with E-state index in [1.54, 1.807) is 48.5 Å². The normalized spacial score (nSPS) is 11.5. The third-order valence-electron chi connectivity index (χ3n) is 3.35. The lowest BCUT2D eigenvalue weighted by atomic mass is 10.2. The number of hydrogen-bond acceptors (Lipinski definition) is 5. The molecule has 2 aromatic carbocycles. The molecule has 0 spiro atoms. The molecule has 1 N–H and O–H groups in total. The zero-order chi connectivity index (χ0) is 18.9. The molecule has 0 aliphatic carbocycles. The average molecular weight is 398 g/mol. The number of urea groups is 1. The number of ether oxygens (including phenoxy) is 2. The van der Waals surface area contributed by atoms with E-state index in [2.05, 4.69) is 5.32 Å². The summed E-state index contributed by atoms with van der Waals surface area (Å²) in [4.78, 5) is 12.1. The smallest absolute Gasteiger partial charge is 0.328 e. The van der Waals surface area contributed by atoms with Crippen LogP contribution in [0.15, 0.2) is 48.5 Å². The molecule has 0 radical (unpaired) electrons. The molecular weight excluding hydrogens is 380 g/mol. The van der Waals surface area contributed by atoms with E-state index in [0.29, 0.717) is 26.4 Å². The second-order valence-corrected chi connectivity index (χ2v) is 6.45. The fourth-order valence-corrected chi connectivity index (χ4v) is 2.62. The van der Waals surface area contributed by atoms with Crippen molar-refractivity contribution in [2.75, 3.05) is 20.3 Å². The van der Waals surface area contributed by atoms with E-state index in [4.69, 9.17) is 21.1 Å². The van der Waals surface area contributed by atoms with Crippen molar-refractivity contribution in [3.63, 3.8) is 0 Å². The molecule has 1 unspecified atom stereocenters. The minimum atomic E-state index is -2.70. The van der Waals surface area contributed by atoms with E-state index < -0.39 is 17.3 Å². The van der Waals surface area contributed by atoms with Gasteiger partial charge < -0.3 is 19.3 Å². The van der Waals surface area contributed by atoms with Gasteiger partial charge in [-0.3, -0.25) is 4.21 Å². The van der Waals surface area contributed by atoms with Crippen molar-refractivity contribution >= 4 is 28.9 Å². The number of halogens is 1. The molecule has 0 saturated carbocycles. The third kappa shape index (κ3) is 6.21. The van der Waals surface area contributed by atoms with Crippen LogP contribution < -0.4 is 14.8 Å².